The minimum atomic E-state index is -0.213. The van der Waals surface area contributed by atoms with Crippen LogP contribution < -0.4 is 21.9 Å². The maximum absolute atomic E-state index is 12.9. The van der Waals surface area contributed by atoms with Crippen molar-refractivity contribution in [3.63, 3.8) is 0 Å². The van der Waals surface area contributed by atoms with Gasteiger partial charge in [-0.05, 0) is 30.5 Å². The molecule has 2 heterocycles. The van der Waals surface area contributed by atoms with Gasteiger partial charge in [-0.2, -0.15) is 4.98 Å². The van der Waals surface area contributed by atoms with Gasteiger partial charge in [0, 0.05) is 25.0 Å². The molecule has 0 aliphatic carbocycles. The number of rotatable bonds is 4. The lowest BCUT2D eigenvalue weighted by atomic mass is 9.90. The third kappa shape index (κ3) is 3.53. The summed E-state index contributed by atoms with van der Waals surface area (Å²) < 4.78 is 1.53. The Morgan fingerprint density at radius 2 is 2.12 bits per heavy atom. The second-order valence-electron chi connectivity index (χ2n) is 6.83. The molecule has 1 saturated heterocycles. The van der Waals surface area contributed by atoms with Crippen LogP contribution in [-0.4, -0.2) is 29.2 Å². The Morgan fingerprint density at radius 1 is 1.38 bits per heavy atom. The summed E-state index contributed by atoms with van der Waals surface area (Å²) in [6.45, 7) is 4.27. The van der Waals surface area contributed by atoms with E-state index in [9.17, 15) is 4.79 Å². The number of aromatic nitrogens is 2. The molecule has 1 unspecified atom stereocenters. The molecule has 1 aliphatic rings. The third-order valence-electron chi connectivity index (χ3n) is 4.71. The first-order valence-corrected chi connectivity index (χ1v) is 9.76. The molecular weight excluding hydrogens is 393 g/mol. The van der Waals surface area contributed by atoms with E-state index in [-0.39, 0.29) is 16.8 Å². The molecule has 140 valence electrons. The van der Waals surface area contributed by atoms with Crippen LogP contribution in [0.3, 0.4) is 0 Å². The Balaban J connectivity index is 1.97. The van der Waals surface area contributed by atoms with E-state index >= 15 is 0 Å². The number of anilines is 2. The molecule has 4 N–H and O–H groups in total. The van der Waals surface area contributed by atoms with Gasteiger partial charge in [-0.1, -0.05) is 48.0 Å². The van der Waals surface area contributed by atoms with Crippen LogP contribution in [0, 0.1) is 5.41 Å². The summed E-state index contributed by atoms with van der Waals surface area (Å²) >= 11 is 13.5. The number of hydrogen-bond acceptors (Lipinski definition) is 6. The summed E-state index contributed by atoms with van der Waals surface area (Å²) in [5, 5.41) is 0.817. The molecule has 1 aliphatic heterocycles. The molecule has 1 fully saturated rings. The van der Waals surface area contributed by atoms with Crippen LogP contribution >= 0.6 is 35.0 Å². The maximum Gasteiger partial charge on any atom is 0.270 e. The summed E-state index contributed by atoms with van der Waals surface area (Å²) in [6, 6.07) is 5.26. The molecule has 0 radical (unpaired) electrons. The highest BCUT2D eigenvalue weighted by molar-refractivity contribution is 7.99. The van der Waals surface area contributed by atoms with Gasteiger partial charge in [0.25, 0.3) is 5.56 Å². The van der Waals surface area contributed by atoms with Crippen LogP contribution in [0.1, 0.15) is 13.3 Å². The first-order valence-electron chi connectivity index (χ1n) is 8.19. The van der Waals surface area contributed by atoms with Crippen molar-refractivity contribution in [1.82, 2.24) is 9.55 Å². The van der Waals surface area contributed by atoms with E-state index in [1.165, 1.54) is 16.3 Å². The standard InChI is InChI=1S/C17H21Cl2N5OS/c1-17(8-20)6-7-24(9-17)16-22-14(21)13(15(25)23(16)2)26-11-5-3-4-10(18)12(11)19/h3-5H,6-9,20-21H2,1-2H3. The number of nitrogens with zero attached hydrogens (tertiary/aromatic N) is 3. The average Bonchev–Trinajstić information content (AvgIpc) is 3.01. The normalized spacial score (nSPS) is 20.0. The van der Waals surface area contributed by atoms with Gasteiger partial charge < -0.3 is 16.4 Å². The maximum atomic E-state index is 12.9. The van der Waals surface area contributed by atoms with Gasteiger partial charge in [0.05, 0.1) is 10.0 Å². The molecule has 0 bridgehead atoms. The van der Waals surface area contributed by atoms with Gasteiger partial charge in [-0.25, -0.2) is 0 Å². The van der Waals surface area contributed by atoms with Gasteiger partial charge in [-0.3, -0.25) is 9.36 Å². The average molecular weight is 414 g/mol. The number of nitrogens with two attached hydrogens (primary N) is 2. The fraction of sp³-hybridized carbons (Fsp3) is 0.412. The molecular formula is C17H21Cl2N5OS. The molecule has 6 nitrogen and oxygen atoms in total. The Kier molecular flexibility index (Phi) is 5.44. The highest BCUT2D eigenvalue weighted by Crippen LogP contribution is 2.38. The Hall–Kier alpha value is -1.41. The first kappa shape index (κ1) is 19.4. The number of halogens is 2. The fourth-order valence-corrected chi connectivity index (χ4v) is 4.41. The van der Waals surface area contributed by atoms with Crippen LogP contribution in [0.4, 0.5) is 11.8 Å². The SMILES string of the molecule is Cn1c(N2CCC(C)(CN)C2)nc(N)c(Sc2cccc(Cl)c2Cl)c1=O. The Bertz CT molecular complexity index is 903. The summed E-state index contributed by atoms with van der Waals surface area (Å²) in [5.74, 6) is 0.747. The lowest BCUT2D eigenvalue weighted by Crippen LogP contribution is -2.35. The summed E-state index contributed by atoms with van der Waals surface area (Å²) in [7, 11) is 1.70. The monoisotopic (exact) mass is 413 g/mol. The van der Waals surface area contributed by atoms with Crippen molar-refractivity contribution < 1.29 is 0 Å². The highest BCUT2D eigenvalue weighted by Gasteiger charge is 2.34. The number of hydrogen-bond donors (Lipinski definition) is 2. The van der Waals surface area contributed by atoms with E-state index in [1.807, 2.05) is 0 Å². The van der Waals surface area contributed by atoms with Crippen molar-refractivity contribution >= 4 is 46.7 Å². The molecule has 1 atom stereocenters. The van der Waals surface area contributed by atoms with Crippen molar-refractivity contribution in [2.45, 2.75) is 23.1 Å². The number of nitrogen functional groups attached to an aromatic ring is 1. The summed E-state index contributed by atoms with van der Waals surface area (Å²) in [6.07, 6.45) is 0.952. The van der Waals surface area contributed by atoms with Gasteiger partial charge in [0.2, 0.25) is 5.95 Å². The van der Waals surface area contributed by atoms with Gasteiger partial charge >= 0.3 is 0 Å². The highest BCUT2D eigenvalue weighted by atomic mass is 35.5. The lowest BCUT2D eigenvalue weighted by molar-refractivity contribution is 0.382. The van der Waals surface area contributed by atoms with E-state index < -0.39 is 0 Å². The van der Waals surface area contributed by atoms with Crippen LogP contribution in [0.25, 0.3) is 0 Å². The number of benzene rings is 1. The fourth-order valence-electron chi connectivity index (χ4n) is 3.00. The zero-order valence-corrected chi connectivity index (χ0v) is 17.0. The van der Waals surface area contributed by atoms with Crippen LogP contribution in [0.15, 0.2) is 32.8 Å². The third-order valence-corrected chi connectivity index (χ3v) is 6.79. The second-order valence-corrected chi connectivity index (χ2v) is 8.67. The van der Waals surface area contributed by atoms with Crippen molar-refractivity contribution in [3.8, 4) is 0 Å². The molecule has 3 rings (SSSR count). The molecule has 1 aromatic heterocycles. The van der Waals surface area contributed by atoms with Crippen molar-refractivity contribution in [3.05, 3.63) is 38.6 Å². The molecule has 2 aromatic rings. The van der Waals surface area contributed by atoms with Crippen LogP contribution in [0.2, 0.25) is 10.0 Å². The molecule has 1 aromatic carbocycles. The smallest absolute Gasteiger partial charge is 0.270 e. The van der Waals surface area contributed by atoms with E-state index in [1.54, 1.807) is 25.2 Å². The van der Waals surface area contributed by atoms with Crippen LogP contribution in [0.5, 0.6) is 0 Å². The minimum absolute atomic E-state index is 0.0220. The summed E-state index contributed by atoms with van der Waals surface area (Å²) in [4.78, 5) is 20.4. The van der Waals surface area contributed by atoms with E-state index in [2.05, 4.69) is 16.8 Å². The van der Waals surface area contributed by atoms with Crippen molar-refractivity contribution in [2.24, 2.45) is 18.2 Å². The Labute approximate surface area is 166 Å². The molecule has 0 saturated carbocycles. The minimum Gasteiger partial charge on any atom is -0.382 e. The van der Waals surface area contributed by atoms with Gasteiger partial charge in [-0.15, -0.1) is 0 Å². The predicted molar refractivity (Wildman–Crippen MR) is 108 cm³/mol. The topological polar surface area (TPSA) is 90.2 Å². The van der Waals surface area contributed by atoms with E-state index in [4.69, 9.17) is 34.7 Å². The van der Waals surface area contributed by atoms with Gasteiger partial charge in [0.15, 0.2) is 0 Å². The summed E-state index contributed by atoms with van der Waals surface area (Å²) in [5.41, 5.74) is 11.8. The van der Waals surface area contributed by atoms with E-state index in [0.29, 0.717) is 32.3 Å². The van der Waals surface area contributed by atoms with Crippen molar-refractivity contribution in [1.29, 1.82) is 0 Å². The Morgan fingerprint density at radius 3 is 2.77 bits per heavy atom. The van der Waals surface area contributed by atoms with E-state index in [0.717, 1.165) is 19.5 Å². The first-order chi connectivity index (χ1) is 12.3. The van der Waals surface area contributed by atoms with Crippen molar-refractivity contribution in [2.75, 3.05) is 30.3 Å². The zero-order valence-electron chi connectivity index (χ0n) is 14.6. The largest absolute Gasteiger partial charge is 0.382 e. The molecule has 9 heteroatoms. The molecule has 0 amide bonds. The quantitative estimate of drug-likeness (QED) is 0.800. The second kappa shape index (κ2) is 7.31. The van der Waals surface area contributed by atoms with Crippen LogP contribution in [-0.2, 0) is 7.05 Å². The predicted octanol–water partition coefficient (Wildman–Crippen LogP) is 3.00. The zero-order chi connectivity index (χ0) is 19.1. The molecule has 26 heavy (non-hydrogen) atoms. The molecule has 0 spiro atoms. The lowest BCUT2D eigenvalue weighted by Gasteiger charge is -2.24. The van der Waals surface area contributed by atoms with Gasteiger partial charge in [0.1, 0.15) is 10.7 Å².